The number of esters is 2. The highest BCUT2D eigenvalue weighted by Gasteiger charge is 2.49. The SMILES string of the molecule is C=Cc1nc2cc(Cl)c(Cl)cc2n1[C@@H]1O[C@H](C)[C@@H](OC(C)=O)[C@H]1OC(C)=O. The average molecular weight is 413 g/mol. The van der Waals surface area contributed by atoms with Crippen molar-refractivity contribution in [3.8, 4) is 0 Å². The molecule has 0 saturated carbocycles. The molecule has 1 aliphatic heterocycles. The van der Waals surface area contributed by atoms with E-state index in [1.54, 1.807) is 29.7 Å². The molecule has 27 heavy (non-hydrogen) atoms. The molecule has 0 radical (unpaired) electrons. The molecule has 1 aromatic carbocycles. The first-order chi connectivity index (χ1) is 12.7. The third-order valence-electron chi connectivity index (χ3n) is 4.22. The van der Waals surface area contributed by atoms with Crippen molar-refractivity contribution in [2.24, 2.45) is 0 Å². The zero-order chi connectivity index (χ0) is 19.9. The molecule has 3 rings (SSSR count). The normalized spacial score (nSPS) is 24.8. The van der Waals surface area contributed by atoms with Gasteiger partial charge in [0.1, 0.15) is 5.82 Å². The number of rotatable bonds is 4. The van der Waals surface area contributed by atoms with E-state index in [4.69, 9.17) is 37.4 Å². The largest absolute Gasteiger partial charge is 0.456 e. The maximum Gasteiger partial charge on any atom is 0.303 e. The minimum Gasteiger partial charge on any atom is -0.456 e. The third-order valence-corrected chi connectivity index (χ3v) is 4.94. The molecule has 9 heteroatoms. The molecule has 4 atom stereocenters. The summed E-state index contributed by atoms with van der Waals surface area (Å²) in [6.07, 6.45) is -1.40. The van der Waals surface area contributed by atoms with E-state index in [0.717, 1.165) is 0 Å². The molecule has 2 heterocycles. The van der Waals surface area contributed by atoms with Crippen molar-refractivity contribution in [2.45, 2.75) is 45.3 Å². The minimum absolute atomic E-state index is 0.340. The van der Waals surface area contributed by atoms with Gasteiger partial charge in [0.15, 0.2) is 18.4 Å². The van der Waals surface area contributed by atoms with E-state index in [9.17, 15) is 9.59 Å². The van der Waals surface area contributed by atoms with Crippen molar-refractivity contribution >= 4 is 52.2 Å². The molecule has 0 aliphatic carbocycles. The molecular formula is C18H18Cl2N2O5. The number of hydrogen-bond acceptors (Lipinski definition) is 6. The Morgan fingerprint density at radius 1 is 1.19 bits per heavy atom. The van der Waals surface area contributed by atoms with Crippen LogP contribution >= 0.6 is 23.2 Å². The van der Waals surface area contributed by atoms with Crippen LogP contribution in [0, 0.1) is 0 Å². The Balaban J connectivity index is 2.15. The molecule has 0 unspecified atom stereocenters. The van der Waals surface area contributed by atoms with Crippen LogP contribution < -0.4 is 0 Å². The van der Waals surface area contributed by atoms with Gasteiger partial charge >= 0.3 is 11.9 Å². The molecule has 1 fully saturated rings. The summed E-state index contributed by atoms with van der Waals surface area (Å²) in [5.74, 6) is -0.547. The van der Waals surface area contributed by atoms with Crippen LogP contribution in [0.5, 0.6) is 0 Å². The molecule has 1 aromatic heterocycles. The van der Waals surface area contributed by atoms with Crippen molar-refractivity contribution in [2.75, 3.05) is 0 Å². The zero-order valence-electron chi connectivity index (χ0n) is 14.9. The Labute approximate surface area is 165 Å². The zero-order valence-corrected chi connectivity index (χ0v) is 16.5. The fraction of sp³-hybridized carbons (Fsp3) is 0.389. The van der Waals surface area contributed by atoms with E-state index in [2.05, 4.69) is 11.6 Å². The number of carbonyl (C=O) groups is 2. The number of hydrogen-bond donors (Lipinski definition) is 0. The summed E-state index contributed by atoms with van der Waals surface area (Å²) in [4.78, 5) is 27.6. The van der Waals surface area contributed by atoms with Crippen LogP contribution in [0.2, 0.25) is 10.0 Å². The first-order valence-electron chi connectivity index (χ1n) is 8.22. The predicted octanol–water partition coefficient (Wildman–Crippen LogP) is 3.77. The smallest absolute Gasteiger partial charge is 0.303 e. The molecular weight excluding hydrogens is 395 g/mol. The summed E-state index contributed by atoms with van der Waals surface area (Å²) in [5.41, 5.74) is 1.20. The van der Waals surface area contributed by atoms with E-state index >= 15 is 0 Å². The molecule has 0 N–H and O–H groups in total. The lowest BCUT2D eigenvalue weighted by atomic mass is 10.1. The number of benzene rings is 1. The highest BCUT2D eigenvalue weighted by Crippen LogP contribution is 2.38. The van der Waals surface area contributed by atoms with Crippen molar-refractivity contribution in [3.05, 3.63) is 34.6 Å². The van der Waals surface area contributed by atoms with Gasteiger partial charge in [0.2, 0.25) is 0 Å². The van der Waals surface area contributed by atoms with Crippen molar-refractivity contribution in [1.29, 1.82) is 0 Å². The topological polar surface area (TPSA) is 79.7 Å². The fourth-order valence-corrected chi connectivity index (χ4v) is 3.52. The van der Waals surface area contributed by atoms with Gasteiger partial charge in [-0.1, -0.05) is 29.8 Å². The van der Waals surface area contributed by atoms with Gasteiger partial charge in [-0.15, -0.1) is 0 Å². The second-order valence-electron chi connectivity index (χ2n) is 6.18. The number of ether oxygens (including phenoxy) is 3. The molecule has 0 bridgehead atoms. The number of imidazole rings is 1. The molecule has 2 aromatic rings. The summed E-state index contributed by atoms with van der Waals surface area (Å²) in [6, 6.07) is 3.28. The van der Waals surface area contributed by atoms with Crippen LogP contribution in [0.4, 0.5) is 0 Å². The number of carbonyl (C=O) groups excluding carboxylic acids is 2. The lowest BCUT2D eigenvalue weighted by molar-refractivity contribution is -0.165. The Morgan fingerprint density at radius 3 is 2.37 bits per heavy atom. The lowest BCUT2D eigenvalue weighted by Gasteiger charge is -2.24. The Morgan fingerprint density at radius 2 is 1.78 bits per heavy atom. The number of halogens is 2. The van der Waals surface area contributed by atoms with E-state index in [-0.39, 0.29) is 0 Å². The summed E-state index contributed by atoms with van der Waals surface area (Å²) < 4.78 is 18.5. The van der Waals surface area contributed by atoms with E-state index in [1.165, 1.54) is 13.8 Å². The van der Waals surface area contributed by atoms with Crippen LogP contribution in [0.1, 0.15) is 32.8 Å². The van der Waals surface area contributed by atoms with Crippen LogP contribution in [0.3, 0.4) is 0 Å². The van der Waals surface area contributed by atoms with Gasteiger partial charge in [-0.2, -0.15) is 0 Å². The Bertz CT molecular complexity index is 926. The monoisotopic (exact) mass is 412 g/mol. The van der Waals surface area contributed by atoms with Gasteiger partial charge in [0.05, 0.1) is 27.2 Å². The van der Waals surface area contributed by atoms with Crippen LogP contribution in [-0.2, 0) is 23.8 Å². The van der Waals surface area contributed by atoms with Crippen LogP contribution in [-0.4, -0.2) is 39.8 Å². The van der Waals surface area contributed by atoms with Crippen molar-refractivity contribution in [1.82, 2.24) is 9.55 Å². The third kappa shape index (κ3) is 3.67. The van der Waals surface area contributed by atoms with Crippen LogP contribution in [0.15, 0.2) is 18.7 Å². The van der Waals surface area contributed by atoms with Gasteiger partial charge in [-0.05, 0) is 25.1 Å². The first kappa shape index (κ1) is 19.7. The summed E-state index contributed by atoms with van der Waals surface area (Å²) in [7, 11) is 0. The maximum atomic E-state index is 11.7. The van der Waals surface area contributed by atoms with E-state index < -0.39 is 36.5 Å². The van der Waals surface area contributed by atoms with Crippen molar-refractivity contribution < 1.29 is 23.8 Å². The fourth-order valence-electron chi connectivity index (χ4n) is 3.20. The van der Waals surface area contributed by atoms with Crippen LogP contribution in [0.25, 0.3) is 17.1 Å². The van der Waals surface area contributed by atoms with E-state index in [0.29, 0.717) is 26.9 Å². The summed E-state index contributed by atoms with van der Waals surface area (Å²) in [6.45, 7) is 8.08. The Hall–Kier alpha value is -2.09. The minimum atomic E-state index is -0.869. The van der Waals surface area contributed by atoms with Crippen molar-refractivity contribution in [3.63, 3.8) is 0 Å². The number of aromatic nitrogens is 2. The van der Waals surface area contributed by atoms with Gasteiger partial charge in [-0.3, -0.25) is 14.2 Å². The average Bonchev–Trinajstić information content (AvgIpc) is 3.06. The Kier molecular flexibility index (Phi) is 5.46. The van der Waals surface area contributed by atoms with E-state index in [1.807, 2.05) is 0 Å². The van der Waals surface area contributed by atoms with Gasteiger partial charge in [-0.25, -0.2) is 4.98 Å². The standard InChI is InChI=1S/C18H18Cl2N2O5/c1-5-15-21-13-6-11(19)12(20)7-14(13)22(15)18-17(27-10(4)24)16(8(2)25-18)26-9(3)23/h5-8,16-18H,1H2,2-4H3/t8-,16-,17-,18-/m1/s1. The molecule has 7 nitrogen and oxygen atoms in total. The number of nitrogens with zero attached hydrogens (tertiary/aromatic N) is 2. The first-order valence-corrected chi connectivity index (χ1v) is 8.97. The molecule has 0 spiro atoms. The quantitative estimate of drug-likeness (QED) is 0.711. The van der Waals surface area contributed by atoms with Gasteiger partial charge < -0.3 is 14.2 Å². The molecule has 0 amide bonds. The molecule has 1 saturated heterocycles. The summed E-state index contributed by atoms with van der Waals surface area (Å²) >= 11 is 12.3. The highest BCUT2D eigenvalue weighted by atomic mass is 35.5. The summed E-state index contributed by atoms with van der Waals surface area (Å²) in [5, 5.41) is 0.701. The highest BCUT2D eigenvalue weighted by molar-refractivity contribution is 6.42. The number of fused-ring (bicyclic) bond motifs is 1. The van der Waals surface area contributed by atoms with Gasteiger partial charge in [0, 0.05) is 13.8 Å². The second kappa shape index (κ2) is 7.50. The van der Waals surface area contributed by atoms with Gasteiger partial charge in [0.25, 0.3) is 0 Å². The maximum absolute atomic E-state index is 11.7. The molecule has 144 valence electrons. The molecule has 1 aliphatic rings. The lowest BCUT2D eigenvalue weighted by Crippen LogP contribution is -2.38. The second-order valence-corrected chi connectivity index (χ2v) is 6.99. The predicted molar refractivity (Wildman–Crippen MR) is 101 cm³/mol.